The van der Waals surface area contributed by atoms with Crippen LogP contribution in [0.5, 0.6) is 0 Å². The lowest BCUT2D eigenvalue weighted by atomic mass is 10.0. The first-order chi connectivity index (χ1) is 16.9. The molecule has 4 heteroatoms. The Balaban J connectivity index is 2.02. The van der Waals surface area contributed by atoms with Crippen molar-refractivity contribution in [2.45, 2.75) is 137 Å². The quantitative estimate of drug-likeness (QED) is 0.128. The molecule has 4 nitrogen and oxygen atoms in total. The Kier molecular flexibility index (Phi) is 18.1. The average molecular weight is 489 g/mol. The normalized spacial score (nSPS) is 12.0. The number of carbonyl (C=O) groups excluding carboxylic acids is 2. The molecule has 0 saturated heterocycles. The van der Waals surface area contributed by atoms with Crippen LogP contribution >= 0.6 is 0 Å². The van der Waals surface area contributed by atoms with Gasteiger partial charge in [-0.3, -0.25) is 0 Å². The second-order valence-corrected chi connectivity index (χ2v) is 10.5. The fourth-order valence-electron chi connectivity index (χ4n) is 4.43. The topological polar surface area (TPSA) is 52.6 Å². The summed E-state index contributed by atoms with van der Waals surface area (Å²) in [6, 6.07) is 6.54. The van der Waals surface area contributed by atoms with Crippen LogP contribution in [0, 0.1) is 5.92 Å². The fraction of sp³-hybridized carbons (Fsp3) is 0.742. The highest BCUT2D eigenvalue weighted by molar-refractivity contribution is 5.93. The zero-order valence-electron chi connectivity index (χ0n) is 23.1. The van der Waals surface area contributed by atoms with Gasteiger partial charge in [0.1, 0.15) is 0 Å². The Hall–Kier alpha value is -1.84. The summed E-state index contributed by atoms with van der Waals surface area (Å²) in [6.07, 6.45) is 20.4. The van der Waals surface area contributed by atoms with Gasteiger partial charge in [-0.25, -0.2) is 9.59 Å². The maximum absolute atomic E-state index is 12.2. The van der Waals surface area contributed by atoms with Crippen molar-refractivity contribution >= 4 is 11.9 Å². The maximum atomic E-state index is 12.2. The lowest BCUT2D eigenvalue weighted by Crippen LogP contribution is -2.17. The number of hydrogen-bond donors (Lipinski definition) is 0. The van der Waals surface area contributed by atoms with Gasteiger partial charge in [0.25, 0.3) is 0 Å². The lowest BCUT2D eigenvalue weighted by molar-refractivity contribution is 0.0298. The maximum Gasteiger partial charge on any atom is 0.338 e. The molecule has 1 unspecified atom stereocenters. The Labute approximate surface area is 215 Å². The van der Waals surface area contributed by atoms with Gasteiger partial charge in [0.05, 0.1) is 23.8 Å². The molecule has 0 fully saturated rings. The largest absolute Gasteiger partial charge is 0.462 e. The van der Waals surface area contributed by atoms with Gasteiger partial charge >= 0.3 is 11.9 Å². The van der Waals surface area contributed by atoms with Crippen molar-refractivity contribution in [1.29, 1.82) is 0 Å². The molecule has 0 aliphatic heterocycles. The van der Waals surface area contributed by atoms with Crippen LogP contribution in [-0.4, -0.2) is 24.6 Å². The minimum absolute atomic E-state index is 0.123. The molecule has 0 heterocycles. The van der Waals surface area contributed by atoms with Gasteiger partial charge < -0.3 is 9.47 Å². The van der Waals surface area contributed by atoms with Gasteiger partial charge in [-0.15, -0.1) is 0 Å². The highest BCUT2D eigenvalue weighted by atomic mass is 16.5. The van der Waals surface area contributed by atoms with E-state index in [2.05, 4.69) is 20.8 Å². The van der Waals surface area contributed by atoms with E-state index in [-0.39, 0.29) is 18.0 Å². The van der Waals surface area contributed by atoms with Crippen molar-refractivity contribution in [3.63, 3.8) is 0 Å². The molecule has 0 radical (unpaired) electrons. The van der Waals surface area contributed by atoms with E-state index in [0.717, 1.165) is 19.3 Å². The van der Waals surface area contributed by atoms with Crippen LogP contribution in [0.15, 0.2) is 24.3 Å². The Bertz CT molecular complexity index is 665. The van der Waals surface area contributed by atoms with Crippen LogP contribution in [-0.2, 0) is 9.47 Å². The van der Waals surface area contributed by atoms with Crippen molar-refractivity contribution in [2.75, 3.05) is 6.61 Å². The van der Waals surface area contributed by atoms with Gasteiger partial charge in [0.2, 0.25) is 0 Å². The van der Waals surface area contributed by atoms with Crippen molar-refractivity contribution in [3.8, 4) is 0 Å². The molecule has 0 saturated carbocycles. The van der Waals surface area contributed by atoms with Gasteiger partial charge in [0, 0.05) is 0 Å². The first kappa shape index (κ1) is 31.2. The molecule has 1 aromatic carbocycles. The summed E-state index contributed by atoms with van der Waals surface area (Å²) in [7, 11) is 0. The number of unbranched alkanes of at least 4 members (excludes halogenated alkanes) is 14. The van der Waals surface area contributed by atoms with E-state index in [0.29, 0.717) is 23.7 Å². The van der Waals surface area contributed by atoms with Crippen molar-refractivity contribution < 1.29 is 19.1 Å². The summed E-state index contributed by atoms with van der Waals surface area (Å²) in [5.41, 5.74) is 0.928. The van der Waals surface area contributed by atoms with Gasteiger partial charge in [-0.05, 0) is 49.9 Å². The first-order valence-corrected chi connectivity index (χ1v) is 14.4. The predicted octanol–water partition coefficient (Wildman–Crippen LogP) is 9.31. The van der Waals surface area contributed by atoms with E-state index in [1.165, 1.54) is 83.5 Å². The molecule has 1 rings (SSSR count). The Morgan fingerprint density at radius 2 is 1.03 bits per heavy atom. The van der Waals surface area contributed by atoms with Crippen molar-refractivity contribution in [3.05, 3.63) is 35.4 Å². The SMILES string of the molecule is CCCCCCCCCCCCCCCCCOC(=O)c1ccc(C(=O)OC(C)CC(C)C)cc1. The van der Waals surface area contributed by atoms with E-state index in [9.17, 15) is 9.59 Å². The Morgan fingerprint density at radius 3 is 1.46 bits per heavy atom. The average Bonchev–Trinajstić information content (AvgIpc) is 2.83. The number of hydrogen-bond acceptors (Lipinski definition) is 4. The number of ether oxygens (including phenoxy) is 2. The molecule has 0 bridgehead atoms. The lowest BCUT2D eigenvalue weighted by Gasteiger charge is -2.15. The van der Waals surface area contributed by atoms with E-state index in [1.54, 1.807) is 24.3 Å². The molecule has 0 amide bonds. The predicted molar refractivity (Wildman–Crippen MR) is 146 cm³/mol. The van der Waals surface area contributed by atoms with Crippen molar-refractivity contribution in [2.24, 2.45) is 5.92 Å². The monoisotopic (exact) mass is 488 g/mol. The van der Waals surface area contributed by atoms with Crippen LogP contribution in [0.1, 0.15) is 151 Å². The van der Waals surface area contributed by atoms with E-state index in [1.807, 2.05) is 6.92 Å². The first-order valence-electron chi connectivity index (χ1n) is 14.4. The molecule has 0 aliphatic carbocycles. The highest BCUT2D eigenvalue weighted by Crippen LogP contribution is 2.15. The molecular weight excluding hydrogens is 436 g/mol. The summed E-state index contributed by atoms with van der Waals surface area (Å²) >= 11 is 0. The summed E-state index contributed by atoms with van der Waals surface area (Å²) in [6.45, 7) is 8.83. The number of esters is 2. The van der Waals surface area contributed by atoms with E-state index in [4.69, 9.17) is 9.47 Å². The van der Waals surface area contributed by atoms with Gasteiger partial charge in [0.15, 0.2) is 0 Å². The standard InChI is InChI=1S/C31H52O4/c1-5-6-7-8-9-10-11-12-13-14-15-16-17-18-19-24-34-30(32)28-20-22-29(23-21-28)31(33)35-27(4)25-26(2)3/h20-23,26-27H,5-19,24-25H2,1-4H3. The van der Waals surface area contributed by atoms with Crippen LogP contribution in [0.4, 0.5) is 0 Å². The molecule has 0 aliphatic rings. The summed E-state index contributed by atoms with van der Waals surface area (Å²) in [4.78, 5) is 24.5. The molecule has 35 heavy (non-hydrogen) atoms. The molecule has 0 N–H and O–H groups in total. The fourth-order valence-corrected chi connectivity index (χ4v) is 4.43. The van der Waals surface area contributed by atoms with Crippen LogP contribution in [0.3, 0.4) is 0 Å². The summed E-state index contributed by atoms with van der Waals surface area (Å²) in [5, 5.41) is 0. The highest BCUT2D eigenvalue weighted by Gasteiger charge is 2.14. The zero-order valence-corrected chi connectivity index (χ0v) is 23.1. The molecule has 1 atom stereocenters. The molecular formula is C31H52O4. The minimum Gasteiger partial charge on any atom is -0.462 e. The smallest absolute Gasteiger partial charge is 0.338 e. The third kappa shape index (κ3) is 16.5. The van der Waals surface area contributed by atoms with E-state index < -0.39 is 0 Å². The second kappa shape index (κ2) is 20.4. The van der Waals surface area contributed by atoms with E-state index >= 15 is 0 Å². The molecule has 1 aromatic rings. The number of carbonyl (C=O) groups is 2. The third-order valence-electron chi connectivity index (χ3n) is 6.45. The Morgan fingerprint density at radius 1 is 0.629 bits per heavy atom. The van der Waals surface area contributed by atoms with Crippen LogP contribution in [0.25, 0.3) is 0 Å². The number of benzene rings is 1. The van der Waals surface area contributed by atoms with Crippen LogP contribution < -0.4 is 0 Å². The third-order valence-corrected chi connectivity index (χ3v) is 6.45. The molecule has 0 spiro atoms. The molecule has 0 aromatic heterocycles. The second-order valence-electron chi connectivity index (χ2n) is 10.5. The number of rotatable bonds is 21. The molecule has 200 valence electrons. The van der Waals surface area contributed by atoms with Crippen LogP contribution in [0.2, 0.25) is 0 Å². The summed E-state index contributed by atoms with van der Waals surface area (Å²) < 4.78 is 10.9. The van der Waals surface area contributed by atoms with Gasteiger partial charge in [-0.2, -0.15) is 0 Å². The minimum atomic E-state index is -0.351. The summed E-state index contributed by atoms with van der Waals surface area (Å²) in [5.74, 6) is -0.209. The van der Waals surface area contributed by atoms with Crippen molar-refractivity contribution in [1.82, 2.24) is 0 Å². The zero-order chi connectivity index (χ0) is 25.7. The van der Waals surface area contributed by atoms with Gasteiger partial charge in [-0.1, -0.05) is 111 Å².